The summed E-state index contributed by atoms with van der Waals surface area (Å²) in [4.78, 5) is 28.2. The first-order valence-corrected chi connectivity index (χ1v) is 27.2. The molecular formula is C28H36Fe2. The summed E-state index contributed by atoms with van der Waals surface area (Å²) in [5.74, 6) is 0. The SMILES string of the molecule is CCCC[C]12[CH]3[CH]4[CH]5[CH]1[Fe]45321678[CH]2[CH]1[CH]6[CH]7[CH]28.CCCC[C]12[CH]3[CH]4[CH]5[CH]1[Fe]45321678[CH]2[CH]1[CH]6[CH]7[CH]28. The summed E-state index contributed by atoms with van der Waals surface area (Å²) in [7, 11) is 0. The molecule has 30 heavy (non-hydrogen) atoms. The predicted octanol–water partition coefficient (Wildman–Crippen LogP) is 9.87. The molecule has 0 saturated carbocycles. The van der Waals surface area contributed by atoms with Crippen LogP contribution in [-0.4, -0.2) is 0 Å². The van der Waals surface area contributed by atoms with Crippen LogP contribution in [-0.2, 0) is 13.0 Å². The first kappa shape index (κ1) is 11.6. The van der Waals surface area contributed by atoms with Crippen molar-refractivity contribution in [2.75, 3.05) is 0 Å². The van der Waals surface area contributed by atoms with Gasteiger partial charge < -0.3 is 0 Å². The van der Waals surface area contributed by atoms with Crippen molar-refractivity contribution in [1.29, 1.82) is 0 Å². The van der Waals surface area contributed by atoms with Gasteiger partial charge in [0, 0.05) is 0 Å². The zero-order valence-electron chi connectivity index (χ0n) is 18.3. The molecule has 20 rings (SSSR count). The first-order chi connectivity index (χ1) is 14.2. The summed E-state index contributed by atoms with van der Waals surface area (Å²) < 4.78 is 2.49. The molecule has 0 aliphatic carbocycles. The maximum atomic E-state index is 2.42. The molecule has 0 aromatic rings. The summed E-state index contributed by atoms with van der Waals surface area (Å²) in [5.41, 5.74) is 0. The monoisotopic (exact) mass is 484 g/mol. The predicted molar refractivity (Wildman–Crippen MR) is 112 cm³/mol. The summed E-state index contributed by atoms with van der Waals surface area (Å²) in [6.45, 7) is -0.290. The molecule has 2 spiro atoms. The van der Waals surface area contributed by atoms with Crippen LogP contribution < -0.4 is 0 Å². The molecule has 20 fully saturated rings. The fourth-order valence-corrected chi connectivity index (χ4v) is 186. The van der Waals surface area contributed by atoms with Crippen molar-refractivity contribution in [3.8, 4) is 0 Å². The molecule has 2 heteroatoms. The topological polar surface area (TPSA) is 0 Å². The molecule has 20 aliphatic heterocycles. The van der Waals surface area contributed by atoms with Crippen LogP contribution in [0.1, 0.15) is 52.4 Å². The van der Waals surface area contributed by atoms with E-state index in [1.807, 2.05) is 0 Å². The van der Waals surface area contributed by atoms with Crippen molar-refractivity contribution in [3.05, 3.63) is 0 Å². The van der Waals surface area contributed by atoms with Crippen molar-refractivity contribution in [2.24, 2.45) is 0 Å². The van der Waals surface area contributed by atoms with Crippen LogP contribution >= 0.6 is 0 Å². The molecule has 8 atom stereocenters. The van der Waals surface area contributed by atoms with Gasteiger partial charge in [-0.2, -0.15) is 0 Å². The van der Waals surface area contributed by atoms with E-state index in [4.69, 9.17) is 0 Å². The van der Waals surface area contributed by atoms with Gasteiger partial charge in [-0.05, 0) is 0 Å². The average molecular weight is 484 g/mol. The van der Waals surface area contributed by atoms with Gasteiger partial charge in [0.2, 0.25) is 0 Å². The molecule has 20 heterocycles. The average Bonchev–Trinajstić information content (AvgIpc) is 3.65. The van der Waals surface area contributed by atoms with E-state index >= 15 is 0 Å². The molecule has 164 valence electrons. The fraction of sp³-hybridized carbons (Fsp3) is 1.00. The quantitative estimate of drug-likeness (QED) is 0.329. The number of rotatable bonds is 6. The third-order valence-corrected chi connectivity index (χ3v) is 118. The van der Waals surface area contributed by atoms with E-state index in [1.165, 1.54) is 21.5 Å². The van der Waals surface area contributed by atoms with E-state index in [0.29, 0.717) is 0 Å². The van der Waals surface area contributed by atoms with Gasteiger partial charge in [-0.25, -0.2) is 0 Å². The first-order valence-electron chi connectivity index (χ1n) is 14.6. The van der Waals surface area contributed by atoms with Gasteiger partial charge in [-0.1, -0.05) is 0 Å². The van der Waals surface area contributed by atoms with E-state index in [2.05, 4.69) is 13.8 Å². The Morgan fingerprint density at radius 1 is 0.433 bits per heavy atom. The maximum absolute atomic E-state index is 2.57. The van der Waals surface area contributed by atoms with Crippen molar-refractivity contribution < 1.29 is 13.0 Å². The Hall–Kier alpha value is 1.04. The Balaban J connectivity index is 0.0000000768. The van der Waals surface area contributed by atoms with Gasteiger partial charge in [-0.3, -0.25) is 0 Å². The zero-order chi connectivity index (χ0) is 18.3. The molecule has 0 aromatic heterocycles. The zero-order valence-corrected chi connectivity index (χ0v) is 20.6. The number of hydrogen-bond donors (Lipinski definition) is 0. The third kappa shape index (κ3) is 0.120. The number of hydrogen-bond acceptors (Lipinski definition) is 0. The normalized spacial score (nSPS) is 134. The summed E-state index contributed by atoms with van der Waals surface area (Å²) in [6, 6.07) is 0. The Kier molecular flexibility index (Phi) is 0.370. The van der Waals surface area contributed by atoms with Gasteiger partial charge in [0.15, 0.2) is 0 Å². The van der Waals surface area contributed by atoms with E-state index in [-0.39, 0.29) is 0 Å². The van der Waals surface area contributed by atoms with Crippen LogP contribution in [0, 0.1) is 0 Å². The molecule has 20 aliphatic rings. The van der Waals surface area contributed by atoms with E-state index in [1.54, 1.807) is 112 Å². The summed E-state index contributed by atoms with van der Waals surface area (Å²) in [5, 5.41) is 0. The Morgan fingerprint density at radius 3 is 0.833 bits per heavy atom. The summed E-state index contributed by atoms with van der Waals surface area (Å²) in [6.07, 6.45) is 9.75. The minimum absolute atomic E-state index is 1.25. The van der Waals surface area contributed by atoms with Crippen LogP contribution in [0.2, 0.25) is 95.3 Å². The van der Waals surface area contributed by atoms with Gasteiger partial charge in [0.05, 0.1) is 0 Å². The number of unbranched alkanes of at least 4 members (excludes halogenated alkanes) is 2. The Bertz CT molecular complexity index is 1760. The molecule has 0 radical (unpaired) electrons. The number of fused-ring (bicyclic) bond motifs is 20. The standard InChI is InChI=1S/2C9H13.2C5H5.2Fe/c2*1-2-3-6-9-7-4-5-8-9;2*1-2-4-5-3-1;;/h2*4-5,7-8H,2-3,6H2,1H3;2*1-5H;;. The van der Waals surface area contributed by atoms with Crippen molar-refractivity contribution in [1.82, 2.24) is 0 Å². The van der Waals surface area contributed by atoms with Gasteiger partial charge >= 0.3 is 161 Å². The van der Waals surface area contributed by atoms with Crippen LogP contribution in [0.15, 0.2) is 0 Å². The van der Waals surface area contributed by atoms with Crippen molar-refractivity contribution in [2.45, 2.75) is 148 Å². The van der Waals surface area contributed by atoms with Gasteiger partial charge in [0.1, 0.15) is 0 Å². The molecular weight excluding hydrogens is 448 g/mol. The molecule has 0 amide bonds. The molecule has 0 N–H and O–H groups in total. The van der Waals surface area contributed by atoms with Gasteiger partial charge in [-0.15, -0.1) is 0 Å². The second-order valence-corrected chi connectivity index (χ2v) is 69.2. The van der Waals surface area contributed by atoms with Crippen LogP contribution in [0.3, 0.4) is 0 Å². The van der Waals surface area contributed by atoms with Crippen molar-refractivity contribution >= 4 is 0 Å². The van der Waals surface area contributed by atoms with Crippen LogP contribution in [0.25, 0.3) is 0 Å². The summed E-state index contributed by atoms with van der Waals surface area (Å²) >= 11 is 0. The molecule has 0 aromatic carbocycles. The minimum atomic E-state index is -2.57. The molecule has 8 unspecified atom stereocenters. The second kappa shape index (κ2) is 0.953. The Morgan fingerprint density at radius 2 is 0.700 bits per heavy atom. The second-order valence-electron chi connectivity index (χ2n) is 21.9. The van der Waals surface area contributed by atoms with E-state index in [0.717, 1.165) is 0 Å². The van der Waals surface area contributed by atoms with Crippen molar-refractivity contribution in [3.63, 3.8) is 0 Å². The Labute approximate surface area is 160 Å². The van der Waals surface area contributed by atoms with Gasteiger partial charge in [0.25, 0.3) is 0 Å². The fourth-order valence-electron chi connectivity index (χ4n) is 35.6. The third-order valence-electron chi connectivity index (χ3n) is 31.8. The van der Waals surface area contributed by atoms with E-state index in [9.17, 15) is 0 Å². The van der Waals surface area contributed by atoms with Crippen LogP contribution in [0.5, 0.6) is 0 Å². The molecule has 20 saturated heterocycles. The van der Waals surface area contributed by atoms with Crippen LogP contribution in [0.4, 0.5) is 0 Å². The molecule has 0 bridgehead atoms. The van der Waals surface area contributed by atoms with E-state index < -0.39 is 13.0 Å². The molecule has 0 nitrogen and oxygen atoms in total.